The van der Waals surface area contributed by atoms with Crippen molar-refractivity contribution in [3.8, 4) is 6.07 Å². The molecular formula is C9H9ClN2. The van der Waals surface area contributed by atoms with E-state index < -0.39 is 0 Å². The molecule has 0 radical (unpaired) electrons. The largest absolute Gasteiger partial charge is 0.377 e. The lowest BCUT2D eigenvalue weighted by atomic mass is 10.2. The van der Waals surface area contributed by atoms with E-state index in [-0.39, 0.29) is 0 Å². The van der Waals surface area contributed by atoms with Crippen molar-refractivity contribution in [3.63, 3.8) is 0 Å². The zero-order valence-electron chi connectivity index (χ0n) is 7.00. The van der Waals surface area contributed by atoms with E-state index in [4.69, 9.17) is 16.9 Å². The van der Waals surface area contributed by atoms with Crippen LogP contribution in [0.2, 0.25) is 5.02 Å². The molecule has 0 spiro atoms. The van der Waals surface area contributed by atoms with Crippen LogP contribution in [0, 0.1) is 11.3 Å². The van der Waals surface area contributed by atoms with E-state index in [1.165, 1.54) is 0 Å². The van der Waals surface area contributed by atoms with E-state index in [0.717, 1.165) is 5.69 Å². The Morgan fingerprint density at radius 2 is 2.08 bits per heavy atom. The molecule has 0 heterocycles. The van der Waals surface area contributed by atoms with Gasteiger partial charge in [0, 0.05) is 19.1 Å². The molecule has 3 heteroatoms. The van der Waals surface area contributed by atoms with Gasteiger partial charge in [-0.2, -0.15) is 5.26 Å². The number of nitriles is 1. The van der Waals surface area contributed by atoms with E-state index >= 15 is 0 Å². The molecule has 0 atom stereocenters. The maximum absolute atomic E-state index is 8.74. The number of hydrogen-bond acceptors (Lipinski definition) is 2. The van der Waals surface area contributed by atoms with Crippen molar-refractivity contribution in [2.24, 2.45) is 0 Å². The fraction of sp³-hybridized carbons (Fsp3) is 0.222. The van der Waals surface area contributed by atoms with E-state index in [0.29, 0.717) is 10.6 Å². The molecule has 0 aromatic heterocycles. The first kappa shape index (κ1) is 8.89. The van der Waals surface area contributed by atoms with Crippen LogP contribution in [-0.4, -0.2) is 14.1 Å². The number of hydrogen-bond donors (Lipinski definition) is 0. The second-order valence-corrected chi connectivity index (χ2v) is 3.10. The first-order valence-electron chi connectivity index (χ1n) is 3.52. The van der Waals surface area contributed by atoms with E-state index in [9.17, 15) is 0 Å². The predicted octanol–water partition coefficient (Wildman–Crippen LogP) is 2.28. The third-order valence-corrected chi connectivity index (χ3v) is 1.80. The van der Waals surface area contributed by atoms with Crippen LogP contribution in [-0.2, 0) is 0 Å². The summed E-state index contributed by atoms with van der Waals surface area (Å²) >= 11 is 5.78. The SMILES string of the molecule is CN(C)c1cc(Cl)ccc1C#N. The number of benzene rings is 1. The quantitative estimate of drug-likeness (QED) is 0.663. The maximum atomic E-state index is 8.74. The molecule has 1 aromatic rings. The van der Waals surface area contributed by atoms with Crippen molar-refractivity contribution in [1.82, 2.24) is 0 Å². The van der Waals surface area contributed by atoms with Gasteiger partial charge in [0.2, 0.25) is 0 Å². The summed E-state index contributed by atoms with van der Waals surface area (Å²) in [6.07, 6.45) is 0. The average molecular weight is 181 g/mol. The Kier molecular flexibility index (Phi) is 2.57. The molecule has 0 saturated carbocycles. The second-order valence-electron chi connectivity index (χ2n) is 2.67. The summed E-state index contributed by atoms with van der Waals surface area (Å²) in [7, 11) is 3.76. The molecule has 0 amide bonds. The summed E-state index contributed by atoms with van der Waals surface area (Å²) in [6, 6.07) is 7.32. The Bertz CT molecular complexity index is 326. The molecule has 0 aliphatic rings. The van der Waals surface area contributed by atoms with E-state index in [2.05, 4.69) is 6.07 Å². The average Bonchev–Trinajstić information content (AvgIpc) is 2.04. The van der Waals surface area contributed by atoms with Gasteiger partial charge in [0.25, 0.3) is 0 Å². The highest BCUT2D eigenvalue weighted by Crippen LogP contribution is 2.22. The Hall–Kier alpha value is -1.20. The Balaban J connectivity index is 3.24. The van der Waals surface area contributed by atoms with Gasteiger partial charge < -0.3 is 4.90 Å². The zero-order valence-corrected chi connectivity index (χ0v) is 7.76. The normalized spacial score (nSPS) is 9.17. The molecular weight excluding hydrogens is 172 g/mol. The topological polar surface area (TPSA) is 27.0 Å². The molecule has 0 aliphatic heterocycles. The summed E-state index contributed by atoms with van der Waals surface area (Å²) < 4.78 is 0. The lowest BCUT2D eigenvalue weighted by Gasteiger charge is -2.13. The molecule has 62 valence electrons. The minimum absolute atomic E-state index is 0.643. The lowest BCUT2D eigenvalue weighted by Crippen LogP contribution is -2.10. The van der Waals surface area contributed by atoms with Crippen LogP contribution < -0.4 is 4.90 Å². The summed E-state index contributed by atoms with van der Waals surface area (Å²) in [6.45, 7) is 0. The van der Waals surface area contributed by atoms with Crippen molar-refractivity contribution in [2.45, 2.75) is 0 Å². The molecule has 0 saturated heterocycles. The molecule has 1 aromatic carbocycles. The van der Waals surface area contributed by atoms with E-state index in [1.807, 2.05) is 19.0 Å². The number of halogens is 1. The minimum atomic E-state index is 0.643. The zero-order chi connectivity index (χ0) is 9.14. The molecule has 1 rings (SSSR count). The van der Waals surface area contributed by atoms with Crippen molar-refractivity contribution < 1.29 is 0 Å². The second kappa shape index (κ2) is 3.46. The van der Waals surface area contributed by atoms with Gasteiger partial charge in [-0.25, -0.2) is 0 Å². The first-order valence-corrected chi connectivity index (χ1v) is 3.90. The van der Waals surface area contributed by atoms with Crippen molar-refractivity contribution in [2.75, 3.05) is 19.0 Å². The van der Waals surface area contributed by atoms with Crippen LogP contribution in [0.25, 0.3) is 0 Å². The van der Waals surface area contributed by atoms with Crippen LogP contribution in [0.1, 0.15) is 5.56 Å². The molecule has 0 fully saturated rings. The minimum Gasteiger partial charge on any atom is -0.377 e. The van der Waals surface area contributed by atoms with Crippen LogP contribution in [0.5, 0.6) is 0 Å². The lowest BCUT2D eigenvalue weighted by molar-refractivity contribution is 1.12. The van der Waals surface area contributed by atoms with Crippen LogP contribution >= 0.6 is 11.6 Å². The highest BCUT2D eigenvalue weighted by Gasteiger charge is 2.03. The van der Waals surface area contributed by atoms with Crippen molar-refractivity contribution in [3.05, 3.63) is 28.8 Å². The predicted molar refractivity (Wildman–Crippen MR) is 50.5 cm³/mol. The number of anilines is 1. The highest BCUT2D eigenvalue weighted by molar-refractivity contribution is 6.30. The summed E-state index contributed by atoms with van der Waals surface area (Å²) in [5, 5.41) is 9.39. The molecule has 2 nitrogen and oxygen atoms in total. The first-order chi connectivity index (χ1) is 5.65. The maximum Gasteiger partial charge on any atom is 0.101 e. The number of rotatable bonds is 1. The van der Waals surface area contributed by atoms with Gasteiger partial charge in [0.05, 0.1) is 11.3 Å². The molecule has 0 aliphatic carbocycles. The Morgan fingerprint density at radius 1 is 1.42 bits per heavy atom. The third-order valence-electron chi connectivity index (χ3n) is 1.56. The van der Waals surface area contributed by atoms with Gasteiger partial charge >= 0.3 is 0 Å². The highest BCUT2D eigenvalue weighted by atomic mass is 35.5. The molecule has 12 heavy (non-hydrogen) atoms. The molecule has 0 bridgehead atoms. The van der Waals surface area contributed by atoms with Crippen LogP contribution in [0.3, 0.4) is 0 Å². The van der Waals surface area contributed by atoms with Crippen LogP contribution in [0.4, 0.5) is 5.69 Å². The van der Waals surface area contributed by atoms with Crippen molar-refractivity contribution >= 4 is 17.3 Å². The van der Waals surface area contributed by atoms with Gasteiger partial charge in [-0.3, -0.25) is 0 Å². The fourth-order valence-corrected chi connectivity index (χ4v) is 1.14. The van der Waals surface area contributed by atoms with E-state index in [1.54, 1.807) is 18.2 Å². The summed E-state index contributed by atoms with van der Waals surface area (Å²) in [4.78, 5) is 1.87. The molecule has 0 unspecified atom stereocenters. The van der Waals surface area contributed by atoms with Gasteiger partial charge in [-0.05, 0) is 18.2 Å². The summed E-state index contributed by atoms with van der Waals surface area (Å²) in [5.74, 6) is 0. The Morgan fingerprint density at radius 3 is 2.58 bits per heavy atom. The monoisotopic (exact) mass is 180 g/mol. The molecule has 0 N–H and O–H groups in total. The fourth-order valence-electron chi connectivity index (χ4n) is 0.969. The smallest absolute Gasteiger partial charge is 0.101 e. The van der Waals surface area contributed by atoms with Gasteiger partial charge in [-0.15, -0.1) is 0 Å². The van der Waals surface area contributed by atoms with Gasteiger partial charge in [-0.1, -0.05) is 11.6 Å². The Labute approximate surface area is 77.0 Å². The van der Waals surface area contributed by atoms with Gasteiger partial charge in [0.1, 0.15) is 6.07 Å². The van der Waals surface area contributed by atoms with Crippen molar-refractivity contribution in [1.29, 1.82) is 5.26 Å². The van der Waals surface area contributed by atoms with Gasteiger partial charge in [0.15, 0.2) is 0 Å². The third kappa shape index (κ3) is 1.69. The summed E-state index contributed by atoms with van der Waals surface area (Å²) in [5.41, 5.74) is 1.49. The standard InChI is InChI=1S/C9H9ClN2/c1-12(2)9-5-8(10)4-3-7(9)6-11/h3-5H,1-2H3. The number of nitrogens with zero attached hydrogens (tertiary/aromatic N) is 2. The van der Waals surface area contributed by atoms with Crippen LogP contribution in [0.15, 0.2) is 18.2 Å².